The highest BCUT2D eigenvalue weighted by Gasteiger charge is 2.21. The maximum absolute atomic E-state index is 5.08. The first kappa shape index (κ1) is 10.8. The molecule has 0 radical (unpaired) electrons. The zero-order valence-corrected chi connectivity index (χ0v) is 10.9. The second kappa shape index (κ2) is 4.20. The molecule has 0 aromatic carbocycles. The van der Waals surface area contributed by atoms with E-state index in [2.05, 4.69) is 28.6 Å². The average Bonchev–Trinajstić information content (AvgIpc) is 3.18. The molecule has 0 atom stereocenters. The molecule has 0 aliphatic heterocycles. The average molecular weight is 269 g/mol. The summed E-state index contributed by atoms with van der Waals surface area (Å²) in [6.07, 6.45) is 9.48. The number of hydrogen-bond donors (Lipinski definition) is 0. The van der Waals surface area contributed by atoms with Crippen molar-refractivity contribution in [2.75, 3.05) is 0 Å². The van der Waals surface area contributed by atoms with E-state index in [-0.39, 0.29) is 0 Å². The molecule has 94 valence electrons. The van der Waals surface area contributed by atoms with Gasteiger partial charge in [-0.2, -0.15) is 5.10 Å². The molecule has 3 aromatic heterocycles. The Hall–Kier alpha value is -2.14. The van der Waals surface area contributed by atoms with Crippen LogP contribution in [-0.4, -0.2) is 14.8 Å². The number of nitrogens with zero attached hydrogens (tertiary/aromatic N) is 3. The fourth-order valence-corrected chi connectivity index (χ4v) is 3.10. The van der Waals surface area contributed by atoms with Crippen molar-refractivity contribution in [1.82, 2.24) is 14.8 Å². The van der Waals surface area contributed by atoms with Crippen molar-refractivity contribution in [3.05, 3.63) is 47.5 Å². The smallest absolute Gasteiger partial charge is 0.181 e. The van der Waals surface area contributed by atoms with Crippen LogP contribution in [0.25, 0.3) is 22.5 Å². The predicted molar refractivity (Wildman–Crippen MR) is 74.3 cm³/mol. The zero-order chi connectivity index (χ0) is 12.7. The maximum atomic E-state index is 5.08. The largest absolute Gasteiger partial charge is 0.451 e. The Morgan fingerprint density at radius 3 is 3.16 bits per heavy atom. The Morgan fingerprint density at radius 1 is 1.37 bits per heavy atom. The van der Waals surface area contributed by atoms with Gasteiger partial charge < -0.3 is 4.42 Å². The highest BCUT2D eigenvalue weighted by atomic mass is 32.1. The summed E-state index contributed by atoms with van der Waals surface area (Å²) in [5.41, 5.74) is 4.10. The first-order valence-electron chi connectivity index (χ1n) is 6.14. The topological polar surface area (TPSA) is 43.9 Å². The van der Waals surface area contributed by atoms with Gasteiger partial charge in [0.2, 0.25) is 0 Å². The first-order chi connectivity index (χ1) is 9.43. The number of aromatic nitrogens is 3. The normalized spacial score (nSPS) is 13.7. The molecule has 4 nitrogen and oxygen atoms in total. The van der Waals surface area contributed by atoms with E-state index in [1.165, 1.54) is 12.1 Å². The monoisotopic (exact) mass is 269 g/mol. The molecular weight excluding hydrogens is 258 g/mol. The van der Waals surface area contributed by atoms with E-state index in [1.54, 1.807) is 17.6 Å². The van der Waals surface area contributed by atoms with Crippen LogP contribution in [0.1, 0.15) is 17.7 Å². The van der Waals surface area contributed by atoms with Gasteiger partial charge in [0, 0.05) is 5.56 Å². The molecular formula is C14H11N3OS. The molecule has 0 N–H and O–H groups in total. The van der Waals surface area contributed by atoms with E-state index in [4.69, 9.17) is 9.52 Å². The van der Waals surface area contributed by atoms with E-state index in [0.717, 1.165) is 34.8 Å². The molecule has 0 fully saturated rings. The Kier molecular flexibility index (Phi) is 2.38. The van der Waals surface area contributed by atoms with Crippen molar-refractivity contribution >= 4 is 17.4 Å². The van der Waals surface area contributed by atoms with Crippen LogP contribution in [-0.2, 0) is 6.42 Å². The van der Waals surface area contributed by atoms with Crippen LogP contribution in [0.5, 0.6) is 0 Å². The van der Waals surface area contributed by atoms with Gasteiger partial charge in [-0.1, -0.05) is 12.2 Å². The molecule has 0 amide bonds. The number of hydrogen-bond acceptors (Lipinski definition) is 4. The third kappa shape index (κ3) is 1.66. The molecule has 1 aliphatic carbocycles. The fourth-order valence-electron chi connectivity index (χ4n) is 2.39. The van der Waals surface area contributed by atoms with Crippen molar-refractivity contribution in [3.8, 4) is 16.4 Å². The van der Waals surface area contributed by atoms with E-state index in [1.807, 2.05) is 10.7 Å². The summed E-state index contributed by atoms with van der Waals surface area (Å²) in [4.78, 5) is 4.22. The third-order valence-corrected chi connectivity index (χ3v) is 4.09. The Balaban J connectivity index is 1.97. The van der Waals surface area contributed by atoms with Crippen molar-refractivity contribution in [3.63, 3.8) is 0 Å². The standard InChI is InChI=1S/C14H11N3OS/c1-2-5-12-10(4-1)14(11-8-18-9-15-11)16-17(12)13-6-3-7-19-13/h1,3-4,6-9H,2,5H2. The summed E-state index contributed by atoms with van der Waals surface area (Å²) in [7, 11) is 0. The van der Waals surface area contributed by atoms with Crippen LogP contribution in [0.3, 0.4) is 0 Å². The molecule has 0 bridgehead atoms. The molecule has 0 spiro atoms. The Labute approximate surface area is 114 Å². The summed E-state index contributed by atoms with van der Waals surface area (Å²) < 4.78 is 7.11. The lowest BCUT2D eigenvalue weighted by molar-refractivity contribution is 0.558. The lowest BCUT2D eigenvalue weighted by Crippen LogP contribution is -2.02. The molecule has 0 saturated carbocycles. The maximum Gasteiger partial charge on any atom is 0.181 e. The lowest BCUT2D eigenvalue weighted by atomic mass is 10.0. The lowest BCUT2D eigenvalue weighted by Gasteiger charge is -2.08. The predicted octanol–water partition coefficient (Wildman–Crippen LogP) is 3.55. The van der Waals surface area contributed by atoms with Crippen LogP contribution in [0.2, 0.25) is 0 Å². The van der Waals surface area contributed by atoms with Gasteiger partial charge in [0.05, 0.1) is 5.69 Å². The SMILES string of the molecule is C1=Cc2c(-c3cocn3)nn(-c3cccs3)c2CC1. The molecule has 5 heteroatoms. The highest BCUT2D eigenvalue weighted by molar-refractivity contribution is 7.12. The van der Waals surface area contributed by atoms with Crippen LogP contribution >= 0.6 is 11.3 Å². The summed E-state index contributed by atoms with van der Waals surface area (Å²) >= 11 is 1.69. The van der Waals surface area contributed by atoms with Gasteiger partial charge in [0.25, 0.3) is 0 Å². The number of rotatable bonds is 2. The number of fused-ring (bicyclic) bond motifs is 1. The van der Waals surface area contributed by atoms with Gasteiger partial charge in [-0.3, -0.25) is 0 Å². The minimum absolute atomic E-state index is 0.790. The molecule has 0 saturated heterocycles. The van der Waals surface area contributed by atoms with Crippen LogP contribution in [0, 0.1) is 0 Å². The summed E-state index contributed by atoms with van der Waals surface area (Å²) in [6.45, 7) is 0. The molecule has 3 heterocycles. The van der Waals surface area contributed by atoms with Crippen molar-refractivity contribution in [2.24, 2.45) is 0 Å². The fraction of sp³-hybridized carbons (Fsp3) is 0.143. The second-order valence-electron chi connectivity index (χ2n) is 4.39. The molecule has 1 aliphatic rings. The summed E-state index contributed by atoms with van der Waals surface area (Å²) in [5, 5.41) is 7.94. The van der Waals surface area contributed by atoms with Crippen molar-refractivity contribution in [2.45, 2.75) is 12.8 Å². The van der Waals surface area contributed by atoms with Crippen LogP contribution in [0.15, 0.2) is 40.7 Å². The second-order valence-corrected chi connectivity index (χ2v) is 5.31. The van der Waals surface area contributed by atoms with E-state index in [9.17, 15) is 0 Å². The number of oxazole rings is 1. The molecule has 0 unspecified atom stereocenters. The minimum atomic E-state index is 0.790. The first-order valence-corrected chi connectivity index (χ1v) is 7.02. The van der Waals surface area contributed by atoms with Crippen LogP contribution in [0.4, 0.5) is 0 Å². The van der Waals surface area contributed by atoms with E-state index < -0.39 is 0 Å². The molecule has 19 heavy (non-hydrogen) atoms. The quantitative estimate of drug-likeness (QED) is 0.714. The van der Waals surface area contributed by atoms with Gasteiger partial charge in [-0.25, -0.2) is 9.67 Å². The molecule has 4 rings (SSSR count). The minimum Gasteiger partial charge on any atom is -0.451 e. The van der Waals surface area contributed by atoms with Gasteiger partial charge >= 0.3 is 0 Å². The number of allylic oxidation sites excluding steroid dienone is 1. The third-order valence-electron chi connectivity index (χ3n) is 3.24. The zero-order valence-electron chi connectivity index (χ0n) is 10.1. The van der Waals surface area contributed by atoms with E-state index >= 15 is 0 Å². The van der Waals surface area contributed by atoms with Gasteiger partial charge in [-0.05, 0) is 30.4 Å². The molecule has 3 aromatic rings. The summed E-state index contributed by atoms with van der Waals surface area (Å²) in [6, 6.07) is 4.13. The van der Waals surface area contributed by atoms with Crippen molar-refractivity contribution < 1.29 is 4.42 Å². The number of thiophene rings is 1. The van der Waals surface area contributed by atoms with Gasteiger partial charge in [0.15, 0.2) is 6.39 Å². The van der Waals surface area contributed by atoms with E-state index in [0.29, 0.717) is 0 Å². The van der Waals surface area contributed by atoms with Crippen LogP contribution < -0.4 is 0 Å². The van der Waals surface area contributed by atoms with Gasteiger partial charge in [0.1, 0.15) is 22.7 Å². The van der Waals surface area contributed by atoms with Crippen molar-refractivity contribution in [1.29, 1.82) is 0 Å². The highest BCUT2D eigenvalue weighted by Crippen LogP contribution is 2.32. The van der Waals surface area contributed by atoms with Gasteiger partial charge in [-0.15, -0.1) is 11.3 Å². The Bertz CT molecular complexity index is 723. The Morgan fingerprint density at radius 2 is 2.37 bits per heavy atom. The summed E-state index contributed by atoms with van der Waals surface area (Å²) in [5.74, 6) is 0.